The van der Waals surface area contributed by atoms with Crippen molar-refractivity contribution in [1.29, 1.82) is 0 Å². The van der Waals surface area contributed by atoms with Crippen LogP contribution in [-0.2, 0) is 11.2 Å². The third-order valence-corrected chi connectivity index (χ3v) is 3.14. The molecule has 1 amide bonds. The second-order valence-corrected chi connectivity index (χ2v) is 4.19. The topological polar surface area (TPSA) is 63.5 Å². The Bertz CT molecular complexity index is 459. The molecule has 0 spiro atoms. The van der Waals surface area contributed by atoms with Crippen molar-refractivity contribution in [2.75, 3.05) is 13.1 Å². The van der Waals surface area contributed by atoms with Gasteiger partial charge < -0.3 is 4.90 Å². The van der Waals surface area contributed by atoms with E-state index in [1.165, 1.54) is 6.92 Å². The van der Waals surface area contributed by atoms with Crippen molar-refractivity contribution in [2.45, 2.75) is 19.4 Å². The number of nitrogens with zero attached hydrogens (tertiary/aromatic N) is 2. The lowest BCUT2D eigenvalue weighted by Gasteiger charge is -2.34. The van der Waals surface area contributed by atoms with Gasteiger partial charge in [0.05, 0.1) is 0 Å². The van der Waals surface area contributed by atoms with E-state index in [1.807, 2.05) is 24.3 Å². The maximum atomic E-state index is 11.5. The Morgan fingerprint density at radius 3 is 2.88 bits per heavy atom. The molecule has 1 heterocycles. The standard InChI is InChI=1S/C12H14N2O3/c1-9(15)13-7-6-10-4-2-3-5-11(10)12(13)8-14(16)17/h2-5,12H,6-8H2,1H3. The zero-order valence-corrected chi connectivity index (χ0v) is 9.63. The quantitative estimate of drug-likeness (QED) is 0.574. The minimum absolute atomic E-state index is 0.105. The molecule has 0 fully saturated rings. The van der Waals surface area contributed by atoms with E-state index in [9.17, 15) is 14.9 Å². The van der Waals surface area contributed by atoms with E-state index in [4.69, 9.17) is 0 Å². The van der Waals surface area contributed by atoms with Gasteiger partial charge in [0.2, 0.25) is 12.5 Å². The van der Waals surface area contributed by atoms with Gasteiger partial charge in [0.15, 0.2) is 0 Å². The first-order valence-corrected chi connectivity index (χ1v) is 5.56. The van der Waals surface area contributed by atoms with Crippen LogP contribution >= 0.6 is 0 Å². The molecule has 5 heteroatoms. The molecule has 0 aromatic heterocycles. The van der Waals surface area contributed by atoms with E-state index >= 15 is 0 Å². The molecule has 0 radical (unpaired) electrons. The van der Waals surface area contributed by atoms with E-state index in [1.54, 1.807) is 4.90 Å². The van der Waals surface area contributed by atoms with E-state index in [2.05, 4.69) is 0 Å². The van der Waals surface area contributed by atoms with Crippen LogP contribution in [-0.4, -0.2) is 28.8 Å². The van der Waals surface area contributed by atoms with Gasteiger partial charge >= 0.3 is 0 Å². The number of carbonyl (C=O) groups excluding carboxylic acids is 1. The largest absolute Gasteiger partial charge is 0.329 e. The lowest BCUT2D eigenvalue weighted by atomic mass is 9.92. The molecule has 1 unspecified atom stereocenters. The Kier molecular flexibility index (Phi) is 3.08. The number of rotatable bonds is 2. The van der Waals surface area contributed by atoms with E-state index in [0.717, 1.165) is 17.5 Å². The molecule has 1 atom stereocenters. The smallest absolute Gasteiger partial charge is 0.228 e. The second kappa shape index (κ2) is 4.53. The van der Waals surface area contributed by atoms with Crippen molar-refractivity contribution >= 4 is 5.91 Å². The highest BCUT2D eigenvalue weighted by Gasteiger charge is 2.32. The molecule has 0 aliphatic carbocycles. The fraction of sp³-hybridized carbons (Fsp3) is 0.417. The number of amides is 1. The fourth-order valence-corrected chi connectivity index (χ4v) is 2.37. The minimum atomic E-state index is -0.424. The number of fused-ring (bicyclic) bond motifs is 1. The molecule has 0 N–H and O–H groups in total. The van der Waals surface area contributed by atoms with Crippen LogP contribution in [0.5, 0.6) is 0 Å². The van der Waals surface area contributed by atoms with Crippen LogP contribution in [0.4, 0.5) is 0 Å². The van der Waals surface area contributed by atoms with Crippen LogP contribution in [0.1, 0.15) is 24.1 Å². The molecule has 1 aliphatic rings. The summed E-state index contributed by atoms with van der Waals surface area (Å²) in [5.41, 5.74) is 2.02. The maximum absolute atomic E-state index is 11.5. The highest BCUT2D eigenvalue weighted by molar-refractivity contribution is 5.74. The number of nitro groups is 1. The van der Waals surface area contributed by atoms with Gasteiger partial charge in [-0.2, -0.15) is 0 Å². The van der Waals surface area contributed by atoms with Crippen molar-refractivity contribution < 1.29 is 9.72 Å². The molecule has 0 bridgehead atoms. The molecule has 90 valence electrons. The highest BCUT2D eigenvalue weighted by atomic mass is 16.6. The molecule has 1 aliphatic heterocycles. The summed E-state index contributed by atoms with van der Waals surface area (Å²) >= 11 is 0. The van der Waals surface area contributed by atoms with Crippen LogP contribution in [0.25, 0.3) is 0 Å². The summed E-state index contributed by atoms with van der Waals surface area (Å²) in [4.78, 5) is 23.4. The van der Waals surface area contributed by atoms with Gasteiger partial charge in [0.1, 0.15) is 6.04 Å². The fourth-order valence-electron chi connectivity index (χ4n) is 2.37. The predicted octanol–water partition coefficient (Wildman–Crippen LogP) is 1.41. The molecule has 2 rings (SSSR count). The van der Waals surface area contributed by atoms with E-state index < -0.39 is 6.04 Å². The summed E-state index contributed by atoms with van der Waals surface area (Å²) in [6, 6.07) is 7.20. The Hall–Kier alpha value is -1.91. The maximum Gasteiger partial charge on any atom is 0.228 e. The molecule has 1 aromatic rings. The Balaban J connectivity index is 2.38. The molecule has 0 saturated heterocycles. The van der Waals surface area contributed by atoms with E-state index in [0.29, 0.717) is 6.54 Å². The van der Waals surface area contributed by atoms with Gasteiger partial charge in [-0.05, 0) is 17.5 Å². The summed E-state index contributed by atoms with van der Waals surface area (Å²) in [5.74, 6) is -0.105. The molecular weight excluding hydrogens is 220 g/mol. The predicted molar refractivity (Wildman–Crippen MR) is 62.1 cm³/mol. The summed E-state index contributed by atoms with van der Waals surface area (Å²) in [5, 5.41) is 10.7. The summed E-state index contributed by atoms with van der Waals surface area (Å²) in [6.45, 7) is 1.79. The van der Waals surface area contributed by atoms with Crippen molar-refractivity contribution in [1.82, 2.24) is 4.90 Å². The van der Waals surface area contributed by atoms with E-state index in [-0.39, 0.29) is 17.4 Å². The third-order valence-electron chi connectivity index (χ3n) is 3.14. The average Bonchev–Trinajstić information content (AvgIpc) is 2.28. The van der Waals surface area contributed by atoms with Gasteiger partial charge in [-0.25, -0.2) is 0 Å². The van der Waals surface area contributed by atoms with Crippen molar-refractivity contribution in [3.05, 3.63) is 45.5 Å². The molecule has 1 aromatic carbocycles. The zero-order chi connectivity index (χ0) is 12.4. The molecule has 0 saturated carbocycles. The summed E-state index contributed by atoms with van der Waals surface area (Å²) in [6.07, 6.45) is 0.768. The third kappa shape index (κ3) is 2.27. The Labute approximate surface area is 99.2 Å². The first-order chi connectivity index (χ1) is 8.09. The van der Waals surface area contributed by atoms with Crippen molar-refractivity contribution in [2.24, 2.45) is 0 Å². The number of benzene rings is 1. The second-order valence-electron chi connectivity index (χ2n) is 4.19. The molecule has 5 nitrogen and oxygen atoms in total. The van der Waals surface area contributed by atoms with Crippen LogP contribution in [0.15, 0.2) is 24.3 Å². The van der Waals surface area contributed by atoms with Crippen LogP contribution in [0.3, 0.4) is 0 Å². The highest BCUT2D eigenvalue weighted by Crippen LogP contribution is 2.29. The summed E-state index contributed by atoms with van der Waals surface area (Å²) in [7, 11) is 0. The SMILES string of the molecule is CC(=O)N1CCc2ccccc2C1C[N+](=O)[O-]. The Morgan fingerprint density at radius 2 is 2.24 bits per heavy atom. The van der Waals surface area contributed by atoms with Crippen molar-refractivity contribution in [3.8, 4) is 0 Å². The molecular formula is C12H14N2O3. The number of hydrogen-bond donors (Lipinski definition) is 0. The van der Waals surface area contributed by atoms with Crippen LogP contribution < -0.4 is 0 Å². The zero-order valence-electron chi connectivity index (χ0n) is 9.63. The Morgan fingerprint density at radius 1 is 1.53 bits per heavy atom. The van der Waals surface area contributed by atoms with Gasteiger partial charge in [0, 0.05) is 18.4 Å². The van der Waals surface area contributed by atoms with Crippen molar-refractivity contribution in [3.63, 3.8) is 0 Å². The minimum Gasteiger partial charge on any atom is -0.329 e. The summed E-state index contributed by atoms with van der Waals surface area (Å²) < 4.78 is 0. The monoisotopic (exact) mass is 234 g/mol. The average molecular weight is 234 g/mol. The van der Waals surface area contributed by atoms with Gasteiger partial charge in [0.25, 0.3) is 0 Å². The lowest BCUT2D eigenvalue weighted by molar-refractivity contribution is -0.487. The molecule has 17 heavy (non-hydrogen) atoms. The van der Waals surface area contributed by atoms with Gasteiger partial charge in [-0.15, -0.1) is 0 Å². The normalized spacial score (nSPS) is 18.6. The lowest BCUT2D eigenvalue weighted by Crippen LogP contribution is -2.41. The van der Waals surface area contributed by atoms with Crippen LogP contribution in [0.2, 0.25) is 0 Å². The number of carbonyl (C=O) groups is 1. The van der Waals surface area contributed by atoms with Gasteiger partial charge in [-0.1, -0.05) is 24.3 Å². The number of hydrogen-bond acceptors (Lipinski definition) is 3. The van der Waals surface area contributed by atoms with Gasteiger partial charge in [-0.3, -0.25) is 14.9 Å². The van der Waals surface area contributed by atoms with Crippen LogP contribution in [0, 0.1) is 10.1 Å². The first kappa shape index (κ1) is 11.6. The first-order valence-electron chi connectivity index (χ1n) is 5.56.